The zero-order chi connectivity index (χ0) is 11.2. The van der Waals surface area contributed by atoms with E-state index in [1.54, 1.807) is 0 Å². The molecule has 0 aromatic carbocycles. The van der Waals surface area contributed by atoms with Crippen LogP contribution < -0.4 is 0 Å². The van der Waals surface area contributed by atoms with Crippen LogP contribution in [0.25, 0.3) is 0 Å². The second-order valence-electron chi connectivity index (χ2n) is 3.77. The van der Waals surface area contributed by atoms with Crippen LogP contribution in [0.3, 0.4) is 0 Å². The van der Waals surface area contributed by atoms with Crippen molar-refractivity contribution in [3.8, 4) is 0 Å². The highest BCUT2D eigenvalue weighted by Crippen LogP contribution is 2.07. The molecule has 15 heavy (non-hydrogen) atoms. The molecule has 0 atom stereocenters. The SMILES string of the molecule is C=CCCCCCCCCOCCC=O. The van der Waals surface area contributed by atoms with Gasteiger partial charge < -0.3 is 9.53 Å². The van der Waals surface area contributed by atoms with Crippen LogP contribution in [0.4, 0.5) is 0 Å². The molecule has 2 heteroatoms. The molecule has 0 heterocycles. The minimum absolute atomic E-state index is 0.529. The summed E-state index contributed by atoms with van der Waals surface area (Å²) < 4.78 is 5.27. The van der Waals surface area contributed by atoms with Gasteiger partial charge in [0, 0.05) is 13.0 Å². The van der Waals surface area contributed by atoms with Crippen molar-refractivity contribution in [2.24, 2.45) is 0 Å². The van der Waals surface area contributed by atoms with Crippen molar-refractivity contribution in [1.82, 2.24) is 0 Å². The van der Waals surface area contributed by atoms with E-state index >= 15 is 0 Å². The number of unbranched alkanes of at least 4 members (excludes halogenated alkanes) is 6. The van der Waals surface area contributed by atoms with Crippen molar-refractivity contribution >= 4 is 6.29 Å². The molecule has 0 aliphatic heterocycles. The lowest BCUT2D eigenvalue weighted by Crippen LogP contribution is -1.97. The van der Waals surface area contributed by atoms with E-state index in [1.165, 1.54) is 32.1 Å². The highest BCUT2D eigenvalue weighted by Gasteiger charge is 1.91. The molecular formula is C13H24O2. The van der Waals surface area contributed by atoms with Crippen molar-refractivity contribution in [3.05, 3.63) is 12.7 Å². The number of ether oxygens (including phenoxy) is 1. The summed E-state index contributed by atoms with van der Waals surface area (Å²) in [4.78, 5) is 9.98. The predicted molar refractivity (Wildman–Crippen MR) is 64.0 cm³/mol. The van der Waals surface area contributed by atoms with Crippen molar-refractivity contribution in [2.75, 3.05) is 13.2 Å². The van der Waals surface area contributed by atoms with Gasteiger partial charge in [-0.1, -0.05) is 31.8 Å². The average Bonchev–Trinajstić information content (AvgIpc) is 2.26. The second-order valence-corrected chi connectivity index (χ2v) is 3.77. The smallest absolute Gasteiger partial charge is 0.122 e. The first kappa shape index (κ1) is 14.4. The van der Waals surface area contributed by atoms with Gasteiger partial charge in [0.1, 0.15) is 6.29 Å². The molecule has 88 valence electrons. The Hall–Kier alpha value is -0.630. The lowest BCUT2D eigenvalue weighted by molar-refractivity contribution is -0.108. The van der Waals surface area contributed by atoms with Gasteiger partial charge in [0.15, 0.2) is 0 Å². The Bertz CT molecular complexity index is 127. The van der Waals surface area contributed by atoms with Crippen LogP contribution in [0, 0.1) is 0 Å². The normalized spacial score (nSPS) is 10.1. The summed E-state index contributed by atoms with van der Waals surface area (Å²) >= 11 is 0. The Labute approximate surface area is 93.7 Å². The van der Waals surface area contributed by atoms with Gasteiger partial charge in [-0.3, -0.25) is 0 Å². The molecule has 2 nitrogen and oxygen atoms in total. The molecular weight excluding hydrogens is 188 g/mol. The van der Waals surface area contributed by atoms with Gasteiger partial charge >= 0.3 is 0 Å². The van der Waals surface area contributed by atoms with Crippen molar-refractivity contribution in [3.63, 3.8) is 0 Å². The molecule has 0 fully saturated rings. The molecule has 0 saturated carbocycles. The fourth-order valence-electron chi connectivity index (χ4n) is 1.43. The van der Waals surface area contributed by atoms with Crippen LogP contribution in [0.15, 0.2) is 12.7 Å². The molecule has 0 radical (unpaired) electrons. The lowest BCUT2D eigenvalue weighted by atomic mass is 10.1. The zero-order valence-corrected chi connectivity index (χ0v) is 9.75. The molecule has 0 aliphatic rings. The van der Waals surface area contributed by atoms with Gasteiger partial charge in [0.05, 0.1) is 6.61 Å². The molecule has 0 unspecified atom stereocenters. The molecule has 0 bridgehead atoms. The lowest BCUT2D eigenvalue weighted by Gasteiger charge is -2.02. The summed E-state index contributed by atoms with van der Waals surface area (Å²) in [6, 6.07) is 0. The van der Waals surface area contributed by atoms with Gasteiger partial charge in [-0.25, -0.2) is 0 Å². The fourth-order valence-corrected chi connectivity index (χ4v) is 1.43. The van der Waals surface area contributed by atoms with Crippen LogP contribution in [-0.2, 0) is 9.53 Å². The number of allylic oxidation sites excluding steroid dienone is 1. The maximum absolute atomic E-state index is 9.98. The standard InChI is InChI=1S/C13H24O2/c1-2-3-4-5-6-7-8-9-12-15-13-10-11-14/h2,11H,1,3-10,12-13H2. The van der Waals surface area contributed by atoms with Gasteiger partial charge in [-0.2, -0.15) is 0 Å². The minimum atomic E-state index is 0.529. The van der Waals surface area contributed by atoms with Crippen molar-refractivity contribution in [2.45, 2.75) is 51.4 Å². The number of aldehydes is 1. The van der Waals surface area contributed by atoms with E-state index in [-0.39, 0.29) is 0 Å². The van der Waals surface area contributed by atoms with E-state index < -0.39 is 0 Å². The topological polar surface area (TPSA) is 26.3 Å². The molecule has 0 saturated heterocycles. The van der Waals surface area contributed by atoms with Crippen LogP contribution in [-0.4, -0.2) is 19.5 Å². The summed E-state index contributed by atoms with van der Waals surface area (Å²) in [5, 5.41) is 0. The monoisotopic (exact) mass is 212 g/mol. The van der Waals surface area contributed by atoms with E-state index in [9.17, 15) is 4.79 Å². The van der Waals surface area contributed by atoms with Crippen LogP contribution in [0.1, 0.15) is 51.4 Å². The largest absolute Gasteiger partial charge is 0.381 e. The molecule has 0 aromatic heterocycles. The molecule has 0 aliphatic carbocycles. The van der Waals surface area contributed by atoms with Gasteiger partial charge in [-0.15, -0.1) is 6.58 Å². The summed E-state index contributed by atoms with van der Waals surface area (Å²) in [5.41, 5.74) is 0. The number of rotatable bonds is 12. The van der Waals surface area contributed by atoms with Gasteiger partial charge in [0.2, 0.25) is 0 Å². The molecule has 0 amide bonds. The maximum atomic E-state index is 9.98. The van der Waals surface area contributed by atoms with Gasteiger partial charge in [-0.05, 0) is 19.3 Å². The molecule has 0 aromatic rings. The molecule has 0 rings (SSSR count). The predicted octanol–water partition coefficient (Wildman–Crippen LogP) is 3.51. The number of hydrogen-bond donors (Lipinski definition) is 0. The van der Waals surface area contributed by atoms with E-state index in [0.717, 1.165) is 25.7 Å². The summed E-state index contributed by atoms with van der Waals surface area (Å²) in [6.07, 6.45) is 12.2. The Morgan fingerprint density at radius 1 is 0.867 bits per heavy atom. The third-order valence-corrected chi connectivity index (χ3v) is 2.33. The van der Waals surface area contributed by atoms with Crippen LogP contribution in [0.2, 0.25) is 0 Å². The van der Waals surface area contributed by atoms with E-state index in [2.05, 4.69) is 6.58 Å². The Morgan fingerprint density at radius 2 is 1.53 bits per heavy atom. The number of carbonyl (C=O) groups excluding carboxylic acids is 1. The fraction of sp³-hybridized carbons (Fsp3) is 0.769. The van der Waals surface area contributed by atoms with Crippen molar-refractivity contribution < 1.29 is 9.53 Å². The van der Waals surface area contributed by atoms with Crippen LogP contribution >= 0.6 is 0 Å². The molecule has 0 spiro atoms. The summed E-state index contributed by atoms with van der Waals surface area (Å²) in [5.74, 6) is 0. The quantitative estimate of drug-likeness (QED) is 0.281. The number of carbonyl (C=O) groups is 1. The number of hydrogen-bond acceptors (Lipinski definition) is 2. The third kappa shape index (κ3) is 13.4. The highest BCUT2D eigenvalue weighted by molar-refractivity contribution is 5.49. The van der Waals surface area contributed by atoms with E-state index in [4.69, 9.17) is 4.74 Å². The van der Waals surface area contributed by atoms with E-state index in [0.29, 0.717) is 13.0 Å². The highest BCUT2D eigenvalue weighted by atomic mass is 16.5. The van der Waals surface area contributed by atoms with Crippen molar-refractivity contribution in [1.29, 1.82) is 0 Å². The first-order chi connectivity index (χ1) is 7.41. The first-order valence-electron chi connectivity index (χ1n) is 6.04. The average molecular weight is 212 g/mol. The van der Waals surface area contributed by atoms with Gasteiger partial charge in [0.25, 0.3) is 0 Å². The minimum Gasteiger partial charge on any atom is -0.381 e. The zero-order valence-electron chi connectivity index (χ0n) is 9.75. The Balaban J connectivity index is 2.86. The Morgan fingerprint density at radius 3 is 2.20 bits per heavy atom. The molecule has 0 N–H and O–H groups in total. The second kappa shape index (κ2) is 13.4. The summed E-state index contributed by atoms with van der Waals surface area (Å²) in [6.45, 7) is 5.09. The Kier molecular flexibility index (Phi) is 12.8. The third-order valence-electron chi connectivity index (χ3n) is 2.33. The van der Waals surface area contributed by atoms with E-state index in [1.807, 2.05) is 6.08 Å². The summed E-state index contributed by atoms with van der Waals surface area (Å²) in [7, 11) is 0. The first-order valence-corrected chi connectivity index (χ1v) is 6.04. The maximum Gasteiger partial charge on any atom is 0.122 e. The van der Waals surface area contributed by atoms with Crippen LogP contribution in [0.5, 0.6) is 0 Å².